The van der Waals surface area contributed by atoms with Crippen molar-refractivity contribution in [3.05, 3.63) is 24.0 Å². The van der Waals surface area contributed by atoms with Gasteiger partial charge in [0.05, 0.1) is 18.0 Å². The van der Waals surface area contributed by atoms with E-state index in [9.17, 15) is 20.1 Å². The molecule has 1 saturated heterocycles. The summed E-state index contributed by atoms with van der Waals surface area (Å²) >= 11 is 0. The number of aliphatic hydroxyl groups excluding tert-OH is 2. The average Bonchev–Trinajstić information content (AvgIpc) is 3.06. The molecule has 5 atom stereocenters. The number of carbonyl (C=O) groups excluding carboxylic acids is 1. The van der Waals surface area contributed by atoms with Crippen LogP contribution in [0.3, 0.4) is 0 Å². The zero-order valence-corrected chi connectivity index (χ0v) is 18.1. The standard InChI is InChI=1S/C20H32O5.Na/c1-2-3-4-7-14(21)10-11-16-17-12-15(8-5-6-9-20(23)24)25-19(17)13-18(16)22;/h8,10-11,14,16-19,21-22H,2-7,9,12-13H2,1H3,(H,23,24);/q;+1/p-1/b11-10+,15-8-;/t14-,16?,17+,18+,19?;/m0./s1. The van der Waals surface area contributed by atoms with Crippen molar-refractivity contribution in [2.24, 2.45) is 11.8 Å². The van der Waals surface area contributed by atoms with E-state index in [4.69, 9.17) is 4.74 Å². The molecular weight excluding hydrogens is 343 g/mol. The van der Waals surface area contributed by atoms with Gasteiger partial charge in [0.1, 0.15) is 6.10 Å². The molecule has 0 aromatic carbocycles. The fraction of sp³-hybridized carbons (Fsp3) is 0.750. The number of aliphatic hydroxyl groups is 2. The molecule has 5 nitrogen and oxygen atoms in total. The molecule has 6 heteroatoms. The Labute approximate surface area is 178 Å². The summed E-state index contributed by atoms with van der Waals surface area (Å²) in [6, 6.07) is 0. The van der Waals surface area contributed by atoms with Gasteiger partial charge in [-0.15, -0.1) is 0 Å². The van der Waals surface area contributed by atoms with Crippen LogP contribution in [0, 0.1) is 11.8 Å². The molecule has 0 aromatic heterocycles. The zero-order chi connectivity index (χ0) is 18.2. The van der Waals surface area contributed by atoms with E-state index < -0.39 is 18.2 Å². The first kappa shape index (κ1) is 23.7. The maximum absolute atomic E-state index is 10.4. The quantitative estimate of drug-likeness (QED) is 0.293. The van der Waals surface area contributed by atoms with Crippen LogP contribution in [0.2, 0.25) is 0 Å². The molecule has 2 N–H and O–H groups in total. The third kappa shape index (κ3) is 7.35. The fourth-order valence-corrected chi connectivity index (χ4v) is 3.85. The first-order valence-electron chi connectivity index (χ1n) is 9.61. The van der Waals surface area contributed by atoms with E-state index in [0.29, 0.717) is 19.3 Å². The van der Waals surface area contributed by atoms with Crippen LogP contribution in [0.5, 0.6) is 0 Å². The minimum atomic E-state index is -1.02. The van der Waals surface area contributed by atoms with E-state index in [1.54, 1.807) is 0 Å². The van der Waals surface area contributed by atoms with Gasteiger partial charge in [-0.2, -0.15) is 0 Å². The summed E-state index contributed by atoms with van der Waals surface area (Å²) in [6.07, 6.45) is 11.6. The minimum absolute atomic E-state index is 0. The smallest absolute Gasteiger partial charge is 0.550 e. The molecule has 1 aliphatic carbocycles. The molecule has 26 heavy (non-hydrogen) atoms. The number of hydrogen-bond donors (Lipinski definition) is 2. The van der Waals surface area contributed by atoms with Crippen LogP contribution in [0.25, 0.3) is 0 Å². The van der Waals surface area contributed by atoms with Crippen LogP contribution >= 0.6 is 0 Å². The Balaban J connectivity index is 0.00000338. The molecule has 2 rings (SSSR count). The third-order valence-electron chi connectivity index (χ3n) is 5.25. The van der Waals surface area contributed by atoms with Crippen LogP contribution in [-0.2, 0) is 9.53 Å². The Hall–Kier alpha value is -0.330. The van der Waals surface area contributed by atoms with Crippen molar-refractivity contribution in [3.8, 4) is 0 Å². The Morgan fingerprint density at radius 2 is 2.15 bits per heavy atom. The van der Waals surface area contributed by atoms with Crippen molar-refractivity contribution in [2.45, 2.75) is 83.0 Å². The third-order valence-corrected chi connectivity index (χ3v) is 5.25. The van der Waals surface area contributed by atoms with Gasteiger partial charge >= 0.3 is 29.6 Å². The monoisotopic (exact) mass is 374 g/mol. The van der Waals surface area contributed by atoms with Gasteiger partial charge in [0.15, 0.2) is 0 Å². The summed E-state index contributed by atoms with van der Waals surface area (Å²) in [5, 5.41) is 30.7. The van der Waals surface area contributed by atoms with Crippen molar-refractivity contribution in [1.29, 1.82) is 0 Å². The molecule has 0 radical (unpaired) electrons. The SMILES string of the molecule is CCCCC[C@H](O)/C=C/C1[C@H]2C/C(=C/CCCC(=O)[O-])OC2C[C@H]1O.[Na+]. The number of ether oxygens (including phenoxy) is 1. The Morgan fingerprint density at radius 1 is 1.38 bits per heavy atom. The van der Waals surface area contributed by atoms with Gasteiger partial charge < -0.3 is 24.9 Å². The number of rotatable bonds is 10. The van der Waals surface area contributed by atoms with Crippen LogP contribution in [0.4, 0.5) is 0 Å². The maximum atomic E-state index is 10.4. The van der Waals surface area contributed by atoms with E-state index in [2.05, 4.69) is 6.92 Å². The van der Waals surface area contributed by atoms with E-state index in [1.807, 2.05) is 18.2 Å². The number of carboxylic acid groups (broad SMARTS) is 1. The zero-order valence-electron chi connectivity index (χ0n) is 16.1. The average molecular weight is 374 g/mol. The van der Waals surface area contributed by atoms with Crippen molar-refractivity contribution in [2.75, 3.05) is 0 Å². The fourth-order valence-electron chi connectivity index (χ4n) is 3.85. The van der Waals surface area contributed by atoms with Gasteiger partial charge in [-0.1, -0.05) is 38.3 Å². The van der Waals surface area contributed by atoms with Crippen molar-refractivity contribution in [1.82, 2.24) is 0 Å². The molecule has 2 fully saturated rings. The van der Waals surface area contributed by atoms with E-state index in [0.717, 1.165) is 37.9 Å². The molecule has 1 saturated carbocycles. The summed E-state index contributed by atoms with van der Waals surface area (Å²) < 4.78 is 5.92. The maximum Gasteiger partial charge on any atom is 1.00 e. The normalized spacial score (nSPS) is 30.2. The van der Waals surface area contributed by atoms with Crippen molar-refractivity contribution >= 4 is 5.97 Å². The molecule has 2 aliphatic rings. The van der Waals surface area contributed by atoms with Gasteiger partial charge in [-0.25, -0.2) is 0 Å². The van der Waals surface area contributed by atoms with E-state index in [-0.39, 0.29) is 53.9 Å². The summed E-state index contributed by atoms with van der Waals surface area (Å²) in [4.78, 5) is 10.4. The summed E-state index contributed by atoms with van der Waals surface area (Å²) in [5.74, 6) is 0.136. The number of allylic oxidation sites excluding steroid dienone is 2. The molecular formula is C20H31NaO5. The number of unbranched alkanes of at least 4 members (excludes halogenated alkanes) is 3. The van der Waals surface area contributed by atoms with Crippen LogP contribution in [-0.4, -0.2) is 34.5 Å². The van der Waals surface area contributed by atoms with E-state index >= 15 is 0 Å². The van der Waals surface area contributed by atoms with Crippen molar-refractivity contribution < 1.29 is 54.4 Å². The number of carboxylic acids is 1. The first-order chi connectivity index (χ1) is 12.0. The Bertz CT molecular complexity index is 491. The Morgan fingerprint density at radius 3 is 2.85 bits per heavy atom. The minimum Gasteiger partial charge on any atom is -0.550 e. The van der Waals surface area contributed by atoms with Crippen LogP contribution in [0.1, 0.15) is 64.7 Å². The molecule has 0 bridgehead atoms. The number of hydrogen-bond acceptors (Lipinski definition) is 5. The van der Waals surface area contributed by atoms with Gasteiger partial charge in [-0.05, 0) is 31.8 Å². The number of fused-ring (bicyclic) bond motifs is 1. The molecule has 0 amide bonds. The number of carbonyl (C=O) groups is 1. The predicted molar refractivity (Wildman–Crippen MR) is 93.3 cm³/mol. The van der Waals surface area contributed by atoms with E-state index in [1.165, 1.54) is 0 Å². The van der Waals surface area contributed by atoms with Gasteiger partial charge in [0, 0.05) is 30.6 Å². The second-order valence-corrected chi connectivity index (χ2v) is 7.29. The second-order valence-electron chi connectivity index (χ2n) is 7.29. The molecule has 0 aromatic rings. The second kappa shape index (κ2) is 12.2. The van der Waals surface area contributed by atoms with Crippen molar-refractivity contribution in [3.63, 3.8) is 0 Å². The summed E-state index contributed by atoms with van der Waals surface area (Å²) in [7, 11) is 0. The molecule has 1 aliphatic heterocycles. The first-order valence-corrected chi connectivity index (χ1v) is 9.61. The summed E-state index contributed by atoms with van der Waals surface area (Å²) in [6.45, 7) is 2.14. The summed E-state index contributed by atoms with van der Waals surface area (Å²) in [5.41, 5.74) is 0. The predicted octanol–water partition coefficient (Wildman–Crippen LogP) is -0.922. The van der Waals surface area contributed by atoms with Crippen LogP contribution in [0.15, 0.2) is 24.0 Å². The Kier molecular flexibility index (Phi) is 11.1. The van der Waals surface area contributed by atoms with Gasteiger partial charge in [-0.3, -0.25) is 0 Å². The molecule has 1 heterocycles. The molecule has 142 valence electrons. The van der Waals surface area contributed by atoms with Gasteiger partial charge in [0.25, 0.3) is 0 Å². The van der Waals surface area contributed by atoms with Gasteiger partial charge in [0.2, 0.25) is 0 Å². The molecule has 2 unspecified atom stereocenters. The topological polar surface area (TPSA) is 89.8 Å². The largest absolute Gasteiger partial charge is 1.00 e. The van der Waals surface area contributed by atoms with Crippen LogP contribution < -0.4 is 34.7 Å². The molecule has 0 spiro atoms. The number of aliphatic carboxylic acids is 1.